The Morgan fingerprint density at radius 3 is 2.74 bits per heavy atom. The second-order valence-corrected chi connectivity index (χ2v) is 4.72. The van der Waals surface area contributed by atoms with Crippen molar-refractivity contribution in [3.63, 3.8) is 0 Å². The summed E-state index contributed by atoms with van der Waals surface area (Å²) in [7, 11) is 1.59. The van der Waals surface area contributed by atoms with Gasteiger partial charge in [0, 0.05) is 7.11 Å². The Hall–Kier alpha value is -1.88. The number of fused-ring (bicyclic) bond motifs is 1. The van der Waals surface area contributed by atoms with E-state index in [2.05, 4.69) is 5.32 Å². The molecule has 1 aliphatic rings. The number of amides is 2. The molecular weight excluding hydrogens is 244 g/mol. The standard InChI is InChI=1S/C14H18N2O3/c1-9(8-19-3)16-12-7-5-4-6-11(12)13(17)15-10(2)14(16)18/h4-7,9-10H,8H2,1-3H3,(H,15,17). The highest BCUT2D eigenvalue weighted by atomic mass is 16.5. The number of nitrogens with one attached hydrogen (secondary N) is 1. The third kappa shape index (κ3) is 2.46. The van der Waals surface area contributed by atoms with Gasteiger partial charge >= 0.3 is 0 Å². The molecule has 2 amide bonds. The summed E-state index contributed by atoms with van der Waals surface area (Å²) in [4.78, 5) is 26.1. The maximum absolute atomic E-state index is 12.4. The van der Waals surface area contributed by atoms with Gasteiger partial charge in [-0.15, -0.1) is 0 Å². The summed E-state index contributed by atoms with van der Waals surface area (Å²) < 4.78 is 5.12. The first-order valence-electron chi connectivity index (χ1n) is 6.28. The van der Waals surface area contributed by atoms with Gasteiger partial charge < -0.3 is 15.0 Å². The average Bonchev–Trinajstić information content (AvgIpc) is 2.47. The summed E-state index contributed by atoms with van der Waals surface area (Å²) in [5, 5.41) is 2.70. The molecule has 0 spiro atoms. The number of nitrogens with zero attached hydrogens (tertiary/aromatic N) is 1. The fourth-order valence-corrected chi connectivity index (χ4v) is 2.31. The van der Waals surface area contributed by atoms with Crippen LogP contribution < -0.4 is 10.2 Å². The van der Waals surface area contributed by atoms with E-state index in [1.807, 2.05) is 13.0 Å². The van der Waals surface area contributed by atoms with Crippen molar-refractivity contribution in [2.24, 2.45) is 0 Å². The highest BCUT2D eigenvalue weighted by Gasteiger charge is 2.33. The first-order valence-corrected chi connectivity index (χ1v) is 6.28. The number of carbonyl (C=O) groups excluding carboxylic acids is 2. The lowest BCUT2D eigenvalue weighted by Crippen LogP contribution is -2.48. The number of rotatable bonds is 3. The lowest BCUT2D eigenvalue weighted by atomic mass is 10.1. The Morgan fingerprint density at radius 2 is 2.05 bits per heavy atom. The molecule has 102 valence electrons. The minimum atomic E-state index is -0.542. The molecule has 19 heavy (non-hydrogen) atoms. The van der Waals surface area contributed by atoms with Crippen LogP contribution in [0.15, 0.2) is 24.3 Å². The Balaban J connectivity index is 2.51. The van der Waals surface area contributed by atoms with Gasteiger partial charge in [0.05, 0.1) is 23.9 Å². The zero-order valence-electron chi connectivity index (χ0n) is 11.3. The number of methoxy groups -OCH3 is 1. The van der Waals surface area contributed by atoms with Crippen LogP contribution in [0.4, 0.5) is 5.69 Å². The molecule has 1 N–H and O–H groups in total. The van der Waals surface area contributed by atoms with Crippen LogP contribution in [0, 0.1) is 0 Å². The van der Waals surface area contributed by atoms with Gasteiger partial charge in [0.1, 0.15) is 6.04 Å². The van der Waals surface area contributed by atoms with Crippen LogP contribution in [0.25, 0.3) is 0 Å². The van der Waals surface area contributed by atoms with Gasteiger partial charge in [0.15, 0.2) is 0 Å². The fourth-order valence-electron chi connectivity index (χ4n) is 2.31. The van der Waals surface area contributed by atoms with Crippen LogP contribution in [-0.4, -0.2) is 37.6 Å². The van der Waals surface area contributed by atoms with E-state index in [-0.39, 0.29) is 17.9 Å². The smallest absolute Gasteiger partial charge is 0.254 e. The third-order valence-corrected chi connectivity index (χ3v) is 3.21. The van der Waals surface area contributed by atoms with Crippen LogP contribution in [0.2, 0.25) is 0 Å². The maximum atomic E-state index is 12.4. The van der Waals surface area contributed by atoms with E-state index in [9.17, 15) is 9.59 Å². The molecule has 0 bridgehead atoms. The normalized spacial score (nSPS) is 20.6. The third-order valence-electron chi connectivity index (χ3n) is 3.21. The molecule has 1 heterocycles. The van der Waals surface area contributed by atoms with Crippen molar-refractivity contribution in [2.75, 3.05) is 18.6 Å². The van der Waals surface area contributed by atoms with E-state index in [0.29, 0.717) is 17.9 Å². The number of carbonyl (C=O) groups is 2. The monoisotopic (exact) mass is 262 g/mol. The molecule has 0 fully saturated rings. The maximum Gasteiger partial charge on any atom is 0.254 e. The molecule has 0 radical (unpaired) electrons. The SMILES string of the molecule is COCC(C)N1C(=O)C(C)NC(=O)c2ccccc21. The van der Waals surface area contributed by atoms with E-state index in [1.54, 1.807) is 37.1 Å². The van der Waals surface area contributed by atoms with Crippen molar-refractivity contribution in [1.82, 2.24) is 5.32 Å². The Bertz CT molecular complexity index is 501. The number of para-hydroxylation sites is 1. The molecule has 5 nitrogen and oxygen atoms in total. The number of ether oxygens (including phenoxy) is 1. The number of hydrogen-bond donors (Lipinski definition) is 1. The molecular formula is C14H18N2O3. The summed E-state index contributed by atoms with van der Waals surface area (Å²) in [5.41, 5.74) is 1.15. The van der Waals surface area contributed by atoms with E-state index in [1.165, 1.54) is 0 Å². The second kappa shape index (κ2) is 5.40. The van der Waals surface area contributed by atoms with Crippen LogP contribution >= 0.6 is 0 Å². The van der Waals surface area contributed by atoms with Gasteiger partial charge in [0.2, 0.25) is 5.91 Å². The molecule has 1 aliphatic heterocycles. The summed E-state index contributed by atoms with van der Waals surface area (Å²) in [5.74, 6) is -0.341. The molecule has 0 saturated heterocycles. The molecule has 2 unspecified atom stereocenters. The van der Waals surface area contributed by atoms with Crippen molar-refractivity contribution in [3.8, 4) is 0 Å². The zero-order chi connectivity index (χ0) is 14.0. The first kappa shape index (κ1) is 13.5. The first-order chi connectivity index (χ1) is 9.06. The summed E-state index contributed by atoms with van der Waals surface area (Å²) in [6.07, 6.45) is 0. The number of benzene rings is 1. The number of hydrogen-bond acceptors (Lipinski definition) is 3. The average molecular weight is 262 g/mol. The quantitative estimate of drug-likeness (QED) is 0.890. The van der Waals surface area contributed by atoms with Gasteiger partial charge in [-0.25, -0.2) is 0 Å². The Morgan fingerprint density at radius 1 is 1.37 bits per heavy atom. The summed E-state index contributed by atoms with van der Waals surface area (Å²) in [6.45, 7) is 4.01. The van der Waals surface area contributed by atoms with Crippen molar-refractivity contribution in [3.05, 3.63) is 29.8 Å². The zero-order valence-corrected chi connectivity index (χ0v) is 11.3. The van der Waals surface area contributed by atoms with Crippen LogP contribution in [0.5, 0.6) is 0 Å². The molecule has 0 aromatic heterocycles. The molecule has 0 saturated carbocycles. The molecule has 5 heteroatoms. The van der Waals surface area contributed by atoms with Crippen molar-refractivity contribution in [1.29, 1.82) is 0 Å². The van der Waals surface area contributed by atoms with Crippen molar-refractivity contribution >= 4 is 17.5 Å². The summed E-state index contributed by atoms with van der Waals surface area (Å²) in [6, 6.07) is 6.45. The Labute approximate surface area is 112 Å². The molecule has 1 aromatic carbocycles. The van der Waals surface area contributed by atoms with E-state index in [4.69, 9.17) is 4.74 Å². The molecule has 0 aliphatic carbocycles. The second-order valence-electron chi connectivity index (χ2n) is 4.72. The van der Waals surface area contributed by atoms with Gasteiger partial charge in [-0.2, -0.15) is 0 Å². The number of anilines is 1. The topological polar surface area (TPSA) is 58.6 Å². The van der Waals surface area contributed by atoms with Gasteiger partial charge in [0.25, 0.3) is 5.91 Å². The summed E-state index contributed by atoms with van der Waals surface area (Å²) >= 11 is 0. The van der Waals surface area contributed by atoms with Crippen molar-refractivity contribution < 1.29 is 14.3 Å². The minimum Gasteiger partial charge on any atom is -0.383 e. The van der Waals surface area contributed by atoms with E-state index in [0.717, 1.165) is 0 Å². The van der Waals surface area contributed by atoms with E-state index >= 15 is 0 Å². The van der Waals surface area contributed by atoms with Gasteiger partial charge in [-0.3, -0.25) is 9.59 Å². The predicted octanol–water partition coefficient (Wildman–Crippen LogP) is 1.19. The lowest BCUT2D eigenvalue weighted by molar-refractivity contribution is -0.120. The largest absolute Gasteiger partial charge is 0.383 e. The van der Waals surface area contributed by atoms with Gasteiger partial charge in [-0.1, -0.05) is 12.1 Å². The highest BCUT2D eigenvalue weighted by Crippen LogP contribution is 2.26. The fraction of sp³-hybridized carbons (Fsp3) is 0.429. The molecule has 2 atom stereocenters. The highest BCUT2D eigenvalue weighted by molar-refractivity contribution is 6.11. The molecule has 2 rings (SSSR count). The predicted molar refractivity (Wildman–Crippen MR) is 72.2 cm³/mol. The lowest BCUT2D eigenvalue weighted by Gasteiger charge is -2.29. The van der Waals surface area contributed by atoms with E-state index < -0.39 is 6.04 Å². The van der Waals surface area contributed by atoms with Crippen LogP contribution in [0.1, 0.15) is 24.2 Å². The Kier molecular flexibility index (Phi) is 3.85. The van der Waals surface area contributed by atoms with Crippen LogP contribution in [0.3, 0.4) is 0 Å². The minimum absolute atomic E-state index is 0.122. The molecule has 1 aromatic rings. The van der Waals surface area contributed by atoms with Gasteiger partial charge in [-0.05, 0) is 26.0 Å². The van der Waals surface area contributed by atoms with Crippen molar-refractivity contribution in [2.45, 2.75) is 25.9 Å². The van der Waals surface area contributed by atoms with Crippen LogP contribution in [-0.2, 0) is 9.53 Å².